The van der Waals surface area contributed by atoms with Crippen LogP contribution in [-0.4, -0.2) is 29.0 Å². The van der Waals surface area contributed by atoms with Gasteiger partial charge in [0.25, 0.3) is 0 Å². The molecular formula is C18H25N3OS2. The number of nitrogens with zero attached hydrogens (tertiary/aromatic N) is 1. The van der Waals surface area contributed by atoms with E-state index in [9.17, 15) is 4.21 Å². The summed E-state index contributed by atoms with van der Waals surface area (Å²) in [5, 5.41) is 6.49. The van der Waals surface area contributed by atoms with Gasteiger partial charge in [-0.15, -0.1) is 11.3 Å². The molecule has 0 spiro atoms. The highest BCUT2D eigenvalue weighted by Gasteiger charge is 2.04. The van der Waals surface area contributed by atoms with Crippen LogP contribution in [0.2, 0.25) is 0 Å². The maximum atomic E-state index is 12.2. The van der Waals surface area contributed by atoms with Gasteiger partial charge >= 0.3 is 0 Å². The van der Waals surface area contributed by atoms with E-state index in [1.165, 1.54) is 9.75 Å². The molecule has 1 atom stereocenters. The van der Waals surface area contributed by atoms with Gasteiger partial charge in [0.15, 0.2) is 5.96 Å². The largest absolute Gasteiger partial charge is 0.357 e. The zero-order valence-electron chi connectivity index (χ0n) is 14.2. The smallest absolute Gasteiger partial charge is 0.191 e. The predicted molar refractivity (Wildman–Crippen MR) is 104 cm³/mol. The van der Waals surface area contributed by atoms with Gasteiger partial charge in [-0.1, -0.05) is 25.1 Å². The zero-order valence-corrected chi connectivity index (χ0v) is 15.9. The van der Waals surface area contributed by atoms with E-state index in [0.717, 1.165) is 23.8 Å². The first-order chi connectivity index (χ1) is 11.7. The Hall–Kier alpha value is -1.66. The quantitative estimate of drug-likeness (QED) is 0.559. The molecule has 0 aliphatic heterocycles. The first-order valence-corrected chi connectivity index (χ1v) is 10.4. The molecule has 4 nitrogen and oxygen atoms in total. The Morgan fingerprint density at radius 2 is 1.83 bits per heavy atom. The number of aryl methyl sites for hydroxylation is 1. The summed E-state index contributed by atoms with van der Waals surface area (Å²) in [6.45, 7) is 6.30. The van der Waals surface area contributed by atoms with Crippen molar-refractivity contribution in [1.82, 2.24) is 10.6 Å². The molecule has 1 unspecified atom stereocenters. The highest BCUT2D eigenvalue weighted by molar-refractivity contribution is 7.85. The summed E-state index contributed by atoms with van der Waals surface area (Å²) in [6.07, 6.45) is 1.07. The van der Waals surface area contributed by atoms with Gasteiger partial charge in [-0.25, -0.2) is 4.99 Å². The van der Waals surface area contributed by atoms with Crippen LogP contribution in [0.15, 0.2) is 52.4 Å². The summed E-state index contributed by atoms with van der Waals surface area (Å²) in [5.74, 6) is 1.34. The lowest BCUT2D eigenvalue weighted by Gasteiger charge is -2.11. The number of rotatable bonds is 8. The third-order valence-corrected chi connectivity index (χ3v) is 5.98. The number of hydrogen-bond acceptors (Lipinski definition) is 3. The fourth-order valence-corrected chi connectivity index (χ4v) is 4.01. The van der Waals surface area contributed by atoms with Crippen LogP contribution in [-0.2, 0) is 23.8 Å². The van der Waals surface area contributed by atoms with Crippen molar-refractivity contribution in [3.05, 3.63) is 52.2 Å². The third kappa shape index (κ3) is 6.09. The SMILES string of the molecule is CCNC(=NCc1ccc(CC)s1)NCCS(=O)c1ccccc1. The van der Waals surface area contributed by atoms with Crippen LogP contribution < -0.4 is 10.6 Å². The molecule has 0 fully saturated rings. The predicted octanol–water partition coefficient (Wildman–Crippen LogP) is 3.17. The van der Waals surface area contributed by atoms with Gasteiger partial charge in [0, 0.05) is 33.5 Å². The standard InChI is InChI=1S/C18H25N3OS2/c1-3-15-10-11-16(23-15)14-21-18(19-4-2)20-12-13-24(22)17-8-6-5-7-9-17/h5-11H,3-4,12-14H2,1-2H3,(H2,19,20,21). The maximum Gasteiger partial charge on any atom is 0.191 e. The second-order valence-electron chi connectivity index (χ2n) is 5.21. The fourth-order valence-electron chi connectivity index (χ4n) is 2.15. The molecule has 1 aromatic heterocycles. The topological polar surface area (TPSA) is 53.5 Å². The van der Waals surface area contributed by atoms with Crippen molar-refractivity contribution in [3.8, 4) is 0 Å². The van der Waals surface area contributed by atoms with E-state index in [2.05, 4.69) is 34.7 Å². The van der Waals surface area contributed by atoms with Crippen LogP contribution >= 0.6 is 11.3 Å². The van der Waals surface area contributed by atoms with E-state index in [1.54, 1.807) is 0 Å². The fraction of sp³-hybridized carbons (Fsp3) is 0.389. The van der Waals surface area contributed by atoms with Crippen molar-refractivity contribution in [3.63, 3.8) is 0 Å². The van der Waals surface area contributed by atoms with Gasteiger partial charge in [-0.3, -0.25) is 4.21 Å². The molecule has 1 heterocycles. The van der Waals surface area contributed by atoms with Gasteiger partial charge in [0.1, 0.15) is 0 Å². The number of hydrogen-bond donors (Lipinski definition) is 2. The van der Waals surface area contributed by atoms with Crippen LogP contribution in [0, 0.1) is 0 Å². The van der Waals surface area contributed by atoms with Crippen molar-refractivity contribution in [2.45, 2.75) is 31.7 Å². The lowest BCUT2D eigenvalue weighted by Crippen LogP contribution is -2.39. The van der Waals surface area contributed by atoms with Gasteiger partial charge in [-0.05, 0) is 37.6 Å². The van der Waals surface area contributed by atoms with Crippen LogP contribution in [0.25, 0.3) is 0 Å². The number of guanidine groups is 1. The minimum Gasteiger partial charge on any atom is -0.357 e. The third-order valence-electron chi connectivity index (χ3n) is 3.39. The maximum absolute atomic E-state index is 12.2. The molecule has 24 heavy (non-hydrogen) atoms. The summed E-state index contributed by atoms with van der Waals surface area (Å²) in [5.41, 5.74) is 0. The number of thiophene rings is 1. The first kappa shape index (κ1) is 18.7. The van der Waals surface area contributed by atoms with Crippen LogP contribution in [0.3, 0.4) is 0 Å². The normalized spacial score (nSPS) is 12.8. The molecular weight excluding hydrogens is 338 g/mol. The molecule has 0 aliphatic carbocycles. The molecule has 2 aromatic rings. The lowest BCUT2D eigenvalue weighted by atomic mass is 10.4. The molecule has 1 aromatic carbocycles. The molecule has 0 saturated heterocycles. The molecule has 2 N–H and O–H groups in total. The van der Waals surface area contributed by atoms with Crippen molar-refractivity contribution < 1.29 is 4.21 Å². The molecule has 130 valence electrons. The van der Waals surface area contributed by atoms with E-state index < -0.39 is 10.8 Å². The Labute approximate surface area is 150 Å². The summed E-state index contributed by atoms with van der Waals surface area (Å²) in [4.78, 5) is 8.12. The van der Waals surface area contributed by atoms with Gasteiger partial charge in [0.2, 0.25) is 0 Å². The van der Waals surface area contributed by atoms with E-state index in [0.29, 0.717) is 18.8 Å². The molecule has 0 aliphatic rings. The molecule has 0 saturated carbocycles. The zero-order chi connectivity index (χ0) is 17.2. The summed E-state index contributed by atoms with van der Waals surface area (Å²) < 4.78 is 12.2. The van der Waals surface area contributed by atoms with E-state index in [4.69, 9.17) is 0 Å². The Morgan fingerprint density at radius 1 is 1.08 bits per heavy atom. The summed E-state index contributed by atoms with van der Waals surface area (Å²) >= 11 is 1.81. The van der Waals surface area contributed by atoms with Gasteiger partial charge < -0.3 is 10.6 Å². The summed E-state index contributed by atoms with van der Waals surface area (Å²) in [6, 6.07) is 13.9. The molecule has 6 heteroatoms. The molecule has 2 rings (SSSR count). The Morgan fingerprint density at radius 3 is 2.50 bits per heavy atom. The van der Waals surface area contributed by atoms with Crippen LogP contribution in [0.5, 0.6) is 0 Å². The van der Waals surface area contributed by atoms with E-state index in [-0.39, 0.29) is 0 Å². The van der Waals surface area contributed by atoms with Crippen molar-refractivity contribution in [2.75, 3.05) is 18.8 Å². The number of nitrogens with one attached hydrogen (secondary N) is 2. The van der Waals surface area contributed by atoms with E-state index >= 15 is 0 Å². The van der Waals surface area contributed by atoms with Crippen molar-refractivity contribution >= 4 is 28.1 Å². The van der Waals surface area contributed by atoms with Crippen LogP contribution in [0.4, 0.5) is 0 Å². The number of benzene rings is 1. The lowest BCUT2D eigenvalue weighted by molar-refractivity contribution is 0.681. The van der Waals surface area contributed by atoms with Gasteiger partial charge in [0.05, 0.1) is 17.3 Å². The molecule has 0 bridgehead atoms. The number of aliphatic imine (C=N–C) groups is 1. The Balaban J connectivity index is 1.84. The highest BCUT2D eigenvalue weighted by Crippen LogP contribution is 2.17. The average molecular weight is 364 g/mol. The monoisotopic (exact) mass is 363 g/mol. The Kier molecular flexibility index (Phi) is 7.98. The minimum absolute atomic E-state index is 0.563. The van der Waals surface area contributed by atoms with Crippen LogP contribution in [0.1, 0.15) is 23.6 Å². The second-order valence-corrected chi connectivity index (χ2v) is 8.03. The first-order valence-electron chi connectivity index (χ1n) is 8.26. The second kappa shape index (κ2) is 10.3. The van der Waals surface area contributed by atoms with Crippen molar-refractivity contribution in [1.29, 1.82) is 0 Å². The minimum atomic E-state index is -0.985. The van der Waals surface area contributed by atoms with Gasteiger partial charge in [-0.2, -0.15) is 0 Å². The van der Waals surface area contributed by atoms with Crippen molar-refractivity contribution in [2.24, 2.45) is 4.99 Å². The Bertz CT molecular complexity index is 668. The highest BCUT2D eigenvalue weighted by atomic mass is 32.2. The average Bonchev–Trinajstić information content (AvgIpc) is 3.08. The summed E-state index contributed by atoms with van der Waals surface area (Å²) in [7, 11) is -0.985. The molecule has 0 radical (unpaired) electrons. The van der Waals surface area contributed by atoms with E-state index in [1.807, 2.05) is 48.6 Å². The molecule has 0 amide bonds.